The molecule has 5 nitrogen and oxygen atoms in total. The summed E-state index contributed by atoms with van der Waals surface area (Å²) in [6.45, 7) is 3.62. The van der Waals surface area contributed by atoms with Gasteiger partial charge in [0.15, 0.2) is 0 Å². The first-order valence-corrected chi connectivity index (χ1v) is 9.29. The van der Waals surface area contributed by atoms with Crippen LogP contribution in [0.5, 0.6) is 0 Å². The molecular weight excluding hydrogens is 355 g/mol. The van der Waals surface area contributed by atoms with Crippen molar-refractivity contribution in [2.45, 2.75) is 19.9 Å². The fourth-order valence-corrected chi connectivity index (χ4v) is 4.19. The predicted molar refractivity (Wildman–Crippen MR) is 98.6 cm³/mol. The molecule has 1 aliphatic rings. The van der Waals surface area contributed by atoms with Gasteiger partial charge in [-0.15, -0.1) is 11.3 Å². The number of piperidine rings is 1. The highest BCUT2D eigenvalue weighted by Gasteiger charge is 2.35. The Labute approximate surface area is 155 Å². The number of aliphatic carboxylic acids is 1. The minimum atomic E-state index is -0.878. The first-order chi connectivity index (χ1) is 12.4. The van der Waals surface area contributed by atoms with Crippen LogP contribution in [0.3, 0.4) is 0 Å². The maximum absolute atomic E-state index is 13.0. The molecule has 2 heterocycles. The third kappa shape index (κ3) is 4.68. The second-order valence-corrected chi connectivity index (χ2v) is 8.04. The maximum atomic E-state index is 13.0. The largest absolute Gasteiger partial charge is 0.481 e. The third-order valence-electron chi connectivity index (χ3n) is 4.53. The Morgan fingerprint density at radius 3 is 2.50 bits per heavy atom. The summed E-state index contributed by atoms with van der Waals surface area (Å²) in [5.74, 6) is -2.47. The van der Waals surface area contributed by atoms with Crippen LogP contribution in [0.25, 0.3) is 0 Å². The van der Waals surface area contributed by atoms with Gasteiger partial charge in [0, 0.05) is 35.1 Å². The Bertz CT molecular complexity index is 790. The van der Waals surface area contributed by atoms with Crippen LogP contribution in [-0.2, 0) is 16.1 Å². The Kier molecular flexibility index (Phi) is 5.68. The van der Waals surface area contributed by atoms with Crippen LogP contribution < -0.4 is 5.32 Å². The van der Waals surface area contributed by atoms with E-state index in [1.807, 2.05) is 24.0 Å². The first kappa shape index (κ1) is 18.5. The number of thiophene rings is 1. The van der Waals surface area contributed by atoms with Gasteiger partial charge in [0.2, 0.25) is 5.91 Å². The molecule has 0 bridgehead atoms. The molecule has 1 aromatic carbocycles. The Morgan fingerprint density at radius 2 is 1.88 bits per heavy atom. The summed E-state index contributed by atoms with van der Waals surface area (Å²) < 4.78 is 13.0. The van der Waals surface area contributed by atoms with E-state index in [4.69, 9.17) is 0 Å². The standard InChI is InChI=1S/C19H21FN2O3S/c1-12-2-7-17(26-12)11-22-9-13(8-14(10-22)19(24)25)18(23)21-16-5-3-15(20)4-6-16/h2-7,13-14H,8-11H2,1H3,(H,21,23)(H,24,25)/t13-,14+/m1/s1. The number of halogens is 1. The van der Waals surface area contributed by atoms with E-state index < -0.39 is 17.8 Å². The van der Waals surface area contributed by atoms with Crippen molar-refractivity contribution in [2.75, 3.05) is 18.4 Å². The number of hydrogen-bond donors (Lipinski definition) is 2. The fraction of sp³-hybridized carbons (Fsp3) is 0.368. The predicted octanol–water partition coefficient (Wildman–Crippen LogP) is 3.36. The molecular formula is C19H21FN2O3S. The van der Waals surface area contributed by atoms with E-state index >= 15 is 0 Å². The van der Waals surface area contributed by atoms with Crippen molar-refractivity contribution in [3.05, 3.63) is 52.0 Å². The van der Waals surface area contributed by atoms with Gasteiger partial charge in [-0.25, -0.2) is 4.39 Å². The highest BCUT2D eigenvalue weighted by molar-refractivity contribution is 7.11. The average molecular weight is 376 g/mol. The number of carbonyl (C=O) groups excluding carboxylic acids is 1. The Hall–Kier alpha value is -2.25. The number of anilines is 1. The van der Waals surface area contributed by atoms with Crippen LogP contribution in [0.1, 0.15) is 16.2 Å². The number of hydrogen-bond acceptors (Lipinski definition) is 4. The first-order valence-electron chi connectivity index (χ1n) is 8.47. The van der Waals surface area contributed by atoms with Gasteiger partial charge >= 0.3 is 5.97 Å². The zero-order valence-corrected chi connectivity index (χ0v) is 15.3. The summed E-state index contributed by atoms with van der Waals surface area (Å²) in [5.41, 5.74) is 0.509. The molecule has 1 saturated heterocycles. The number of amides is 1. The topological polar surface area (TPSA) is 69.6 Å². The van der Waals surface area contributed by atoms with E-state index in [2.05, 4.69) is 5.32 Å². The van der Waals surface area contributed by atoms with Gasteiger partial charge in [-0.05, 0) is 49.7 Å². The molecule has 7 heteroatoms. The molecule has 138 valence electrons. The van der Waals surface area contributed by atoms with Gasteiger partial charge in [-0.1, -0.05) is 0 Å². The van der Waals surface area contributed by atoms with Crippen molar-refractivity contribution in [3.63, 3.8) is 0 Å². The van der Waals surface area contributed by atoms with Gasteiger partial charge in [0.25, 0.3) is 0 Å². The Morgan fingerprint density at radius 1 is 1.19 bits per heavy atom. The quantitative estimate of drug-likeness (QED) is 0.840. The summed E-state index contributed by atoms with van der Waals surface area (Å²) >= 11 is 1.68. The smallest absolute Gasteiger partial charge is 0.307 e. The van der Waals surface area contributed by atoms with Gasteiger partial charge in [0.1, 0.15) is 5.82 Å². The lowest BCUT2D eigenvalue weighted by Crippen LogP contribution is -2.46. The third-order valence-corrected chi connectivity index (χ3v) is 5.52. The molecule has 2 N–H and O–H groups in total. The van der Waals surface area contributed by atoms with Crippen LogP contribution in [0.2, 0.25) is 0 Å². The van der Waals surface area contributed by atoms with E-state index in [1.165, 1.54) is 29.1 Å². The van der Waals surface area contributed by atoms with Crippen LogP contribution in [-0.4, -0.2) is 35.0 Å². The van der Waals surface area contributed by atoms with Gasteiger partial charge < -0.3 is 10.4 Å². The fourth-order valence-electron chi connectivity index (χ4n) is 3.26. The van der Waals surface area contributed by atoms with Crippen molar-refractivity contribution >= 4 is 28.9 Å². The number of carboxylic acid groups (broad SMARTS) is 1. The SMILES string of the molecule is Cc1ccc(CN2C[C@@H](C(=O)O)C[C@@H](C(=O)Nc3ccc(F)cc3)C2)s1. The van der Waals surface area contributed by atoms with Crippen LogP contribution in [0.15, 0.2) is 36.4 Å². The molecule has 26 heavy (non-hydrogen) atoms. The molecule has 0 unspecified atom stereocenters. The van der Waals surface area contributed by atoms with Crippen molar-refractivity contribution in [2.24, 2.45) is 11.8 Å². The van der Waals surface area contributed by atoms with Crippen LogP contribution in [0, 0.1) is 24.6 Å². The number of nitrogens with zero attached hydrogens (tertiary/aromatic N) is 1. The van der Waals surface area contributed by atoms with Gasteiger partial charge in [-0.3, -0.25) is 14.5 Å². The van der Waals surface area contributed by atoms with Crippen molar-refractivity contribution in [1.29, 1.82) is 0 Å². The van der Waals surface area contributed by atoms with Crippen molar-refractivity contribution < 1.29 is 19.1 Å². The monoisotopic (exact) mass is 376 g/mol. The summed E-state index contributed by atoms with van der Waals surface area (Å²) in [6, 6.07) is 9.63. The van der Waals surface area contributed by atoms with E-state index in [-0.39, 0.29) is 11.7 Å². The number of benzene rings is 1. The molecule has 3 rings (SSSR count). The molecule has 2 atom stereocenters. The normalized spacial score (nSPS) is 20.7. The summed E-state index contributed by atoms with van der Waals surface area (Å²) in [7, 11) is 0. The summed E-state index contributed by atoms with van der Waals surface area (Å²) in [4.78, 5) is 28.5. The van der Waals surface area contributed by atoms with Gasteiger partial charge in [-0.2, -0.15) is 0 Å². The highest BCUT2D eigenvalue weighted by atomic mass is 32.1. The summed E-state index contributed by atoms with van der Waals surface area (Å²) in [6.07, 6.45) is 0.308. The molecule has 0 aliphatic carbocycles. The lowest BCUT2D eigenvalue weighted by atomic mass is 9.88. The molecule has 0 radical (unpaired) electrons. The number of carbonyl (C=O) groups is 2. The lowest BCUT2D eigenvalue weighted by molar-refractivity contribution is -0.145. The molecule has 1 fully saturated rings. The van der Waals surface area contributed by atoms with Gasteiger partial charge in [0.05, 0.1) is 11.8 Å². The number of carboxylic acids is 1. The molecule has 2 aromatic rings. The number of nitrogens with one attached hydrogen (secondary N) is 1. The second kappa shape index (κ2) is 7.97. The molecule has 0 spiro atoms. The van der Waals surface area contributed by atoms with E-state index in [9.17, 15) is 19.1 Å². The minimum absolute atomic E-state index is 0.227. The minimum Gasteiger partial charge on any atom is -0.481 e. The summed E-state index contributed by atoms with van der Waals surface area (Å²) in [5, 5.41) is 12.2. The Balaban J connectivity index is 1.69. The maximum Gasteiger partial charge on any atom is 0.307 e. The lowest BCUT2D eigenvalue weighted by Gasteiger charge is -2.35. The zero-order chi connectivity index (χ0) is 18.7. The highest BCUT2D eigenvalue weighted by Crippen LogP contribution is 2.26. The zero-order valence-electron chi connectivity index (χ0n) is 14.4. The van der Waals surface area contributed by atoms with Crippen LogP contribution in [0.4, 0.5) is 10.1 Å². The number of aryl methyl sites for hydroxylation is 1. The van der Waals surface area contributed by atoms with E-state index in [0.29, 0.717) is 31.7 Å². The second-order valence-electron chi connectivity index (χ2n) is 6.67. The van der Waals surface area contributed by atoms with E-state index in [0.717, 1.165) is 4.88 Å². The van der Waals surface area contributed by atoms with Crippen molar-refractivity contribution in [1.82, 2.24) is 4.90 Å². The number of rotatable bonds is 5. The molecule has 1 amide bonds. The number of likely N-dealkylation sites (tertiary alicyclic amines) is 1. The average Bonchev–Trinajstić information content (AvgIpc) is 3.01. The molecule has 0 saturated carbocycles. The van der Waals surface area contributed by atoms with E-state index in [1.54, 1.807) is 11.3 Å². The van der Waals surface area contributed by atoms with Crippen molar-refractivity contribution in [3.8, 4) is 0 Å². The molecule has 1 aliphatic heterocycles. The molecule has 1 aromatic heterocycles. The van der Waals surface area contributed by atoms with Crippen LogP contribution >= 0.6 is 11.3 Å².